The maximum atomic E-state index is 10.9. The third-order valence-electron chi connectivity index (χ3n) is 2.15. The van der Waals surface area contributed by atoms with Crippen molar-refractivity contribution in [2.75, 3.05) is 0 Å². The minimum atomic E-state index is -1.09. The highest BCUT2D eigenvalue weighted by molar-refractivity contribution is 5.86. The zero-order valence-corrected chi connectivity index (χ0v) is 8.77. The molecule has 84 valence electrons. The van der Waals surface area contributed by atoms with Crippen molar-refractivity contribution in [2.24, 2.45) is 0 Å². The molecular formula is C11H11NO4. The summed E-state index contributed by atoms with van der Waals surface area (Å²) in [5.74, 6) is -0.890. The molecule has 5 nitrogen and oxygen atoms in total. The number of hydrogen-bond donors (Lipinski definition) is 1. The Hall–Kier alpha value is -2.04. The monoisotopic (exact) mass is 221 g/mol. The average molecular weight is 221 g/mol. The molecule has 1 N–H and O–H groups in total. The van der Waals surface area contributed by atoms with Crippen molar-refractivity contribution >= 4 is 5.97 Å². The Morgan fingerprint density at radius 3 is 2.94 bits per heavy atom. The molecule has 2 rings (SSSR count). The van der Waals surface area contributed by atoms with Crippen LogP contribution in [0.3, 0.4) is 0 Å². The van der Waals surface area contributed by atoms with Crippen molar-refractivity contribution in [1.82, 2.24) is 4.98 Å². The fourth-order valence-electron chi connectivity index (χ4n) is 1.43. The quantitative estimate of drug-likeness (QED) is 0.858. The second-order valence-electron chi connectivity index (χ2n) is 3.36. The summed E-state index contributed by atoms with van der Waals surface area (Å²) < 4.78 is 10.1. The van der Waals surface area contributed by atoms with Crippen LogP contribution in [0.25, 0.3) is 11.5 Å². The van der Waals surface area contributed by atoms with Crippen LogP contribution in [0.1, 0.15) is 29.6 Å². The molecule has 0 fully saturated rings. The first-order valence-electron chi connectivity index (χ1n) is 4.98. The lowest BCUT2D eigenvalue weighted by molar-refractivity contribution is 0.0661. The highest BCUT2D eigenvalue weighted by atomic mass is 16.4. The molecule has 0 unspecified atom stereocenters. The van der Waals surface area contributed by atoms with Gasteiger partial charge in [0.2, 0.25) is 11.7 Å². The molecule has 0 spiro atoms. The molecule has 2 heterocycles. The second-order valence-corrected chi connectivity index (χ2v) is 3.36. The van der Waals surface area contributed by atoms with Gasteiger partial charge in [0.1, 0.15) is 6.26 Å². The Bertz CT molecular complexity index is 484. The maximum absolute atomic E-state index is 10.9. The third kappa shape index (κ3) is 1.84. The zero-order chi connectivity index (χ0) is 11.5. The van der Waals surface area contributed by atoms with Gasteiger partial charge in [0.15, 0.2) is 0 Å². The molecule has 0 aliphatic heterocycles. The Kier molecular flexibility index (Phi) is 2.76. The largest absolute Gasteiger partial charge is 0.475 e. The summed E-state index contributed by atoms with van der Waals surface area (Å²) in [6.07, 6.45) is 4.35. The van der Waals surface area contributed by atoms with E-state index in [1.165, 1.54) is 12.5 Å². The van der Waals surface area contributed by atoms with Gasteiger partial charge in [-0.1, -0.05) is 13.3 Å². The molecule has 0 aliphatic carbocycles. The molecule has 0 radical (unpaired) electrons. The van der Waals surface area contributed by atoms with Crippen molar-refractivity contribution in [3.63, 3.8) is 0 Å². The number of nitrogens with zero attached hydrogens (tertiary/aromatic N) is 1. The second kappa shape index (κ2) is 4.22. The number of aryl methyl sites for hydroxylation is 1. The van der Waals surface area contributed by atoms with Gasteiger partial charge in [0, 0.05) is 0 Å². The normalized spacial score (nSPS) is 10.6. The van der Waals surface area contributed by atoms with Gasteiger partial charge in [-0.3, -0.25) is 0 Å². The van der Waals surface area contributed by atoms with Gasteiger partial charge in [-0.25, -0.2) is 9.78 Å². The topological polar surface area (TPSA) is 76.5 Å². The van der Waals surface area contributed by atoms with E-state index in [9.17, 15) is 4.79 Å². The minimum Gasteiger partial charge on any atom is -0.475 e. The van der Waals surface area contributed by atoms with Crippen LogP contribution in [0.5, 0.6) is 0 Å². The number of aromatic nitrogens is 1. The number of rotatable bonds is 4. The number of carboxylic acids is 1. The number of carboxylic acid groups (broad SMARTS) is 1. The highest BCUT2D eigenvalue weighted by Gasteiger charge is 2.19. The molecule has 2 aromatic heterocycles. The lowest BCUT2D eigenvalue weighted by Crippen LogP contribution is -1.99. The van der Waals surface area contributed by atoms with E-state index in [2.05, 4.69) is 4.98 Å². The Morgan fingerprint density at radius 1 is 1.56 bits per heavy atom. The van der Waals surface area contributed by atoms with E-state index in [1.807, 2.05) is 6.92 Å². The summed E-state index contributed by atoms with van der Waals surface area (Å²) in [4.78, 5) is 15.1. The summed E-state index contributed by atoms with van der Waals surface area (Å²) >= 11 is 0. The van der Waals surface area contributed by atoms with Crippen LogP contribution in [0.2, 0.25) is 0 Å². The van der Waals surface area contributed by atoms with Gasteiger partial charge in [-0.15, -0.1) is 0 Å². The van der Waals surface area contributed by atoms with E-state index in [1.54, 1.807) is 6.07 Å². The van der Waals surface area contributed by atoms with Gasteiger partial charge >= 0.3 is 5.97 Å². The molecule has 0 bridgehead atoms. The van der Waals surface area contributed by atoms with Crippen LogP contribution in [0.15, 0.2) is 27.4 Å². The number of carbonyl (C=O) groups is 1. The van der Waals surface area contributed by atoms with Crippen molar-refractivity contribution in [3.05, 3.63) is 30.0 Å². The molecule has 0 saturated carbocycles. The fraction of sp³-hybridized carbons (Fsp3) is 0.273. The number of oxazole rings is 1. The van der Waals surface area contributed by atoms with E-state index in [4.69, 9.17) is 13.9 Å². The summed E-state index contributed by atoms with van der Waals surface area (Å²) in [7, 11) is 0. The van der Waals surface area contributed by atoms with Gasteiger partial charge in [-0.2, -0.15) is 0 Å². The van der Waals surface area contributed by atoms with Gasteiger partial charge in [-0.05, 0) is 12.5 Å². The number of hydrogen-bond acceptors (Lipinski definition) is 4. The highest BCUT2D eigenvalue weighted by Crippen LogP contribution is 2.23. The van der Waals surface area contributed by atoms with Crippen molar-refractivity contribution in [2.45, 2.75) is 19.8 Å². The summed E-state index contributed by atoms with van der Waals surface area (Å²) in [6.45, 7) is 1.96. The smallest absolute Gasteiger partial charge is 0.373 e. The molecule has 0 atom stereocenters. The predicted molar refractivity (Wildman–Crippen MR) is 55.2 cm³/mol. The first kappa shape index (κ1) is 10.5. The van der Waals surface area contributed by atoms with Crippen LogP contribution >= 0.6 is 0 Å². The molecular weight excluding hydrogens is 210 g/mol. The van der Waals surface area contributed by atoms with Crippen LogP contribution in [-0.4, -0.2) is 16.1 Å². The fourth-order valence-corrected chi connectivity index (χ4v) is 1.43. The van der Waals surface area contributed by atoms with Crippen molar-refractivity contribution in [1.29, 1.82) is 0 Å². The van der Waals surface area contributed by atoms with Gasteiger partial charge in [0.25, 0.3) is 0 Å². The van der Waals surface area contributed by atoms with Gasteiger partial charge < -0.3 is 13.9 Å². The van der Waals surface area contributed by atoms with E-state index >= 15 is 0 Å². The standard InChI is InChI=1S/C11H11NO4/c1-2-3-8-9(11(13)14)16-10(12-8)7-4-5-15-6-7/h4-6H,2-3H2,1H3,(H,13,14). The molecule has 0 aliphatic rings. The molecule has 0 aromatic carbocycles. The van der Waals surface area contributed by atoms with Crippen LogP contribution < -0.4 is 0 Å². The Labute approximate surface area is 91.7 Å². The van der Waals surface area contributed by atoms with Crippen LogP contribution in [-0.2, 0) is 6.42 Å². The van der Waals surface area contributed by atoms with Crippen LogP contribution in [0, 0.1) is 0 Å². The molecule has 0 saturated heterocycles. The lowest BCUT2D eigenvalue weighted by atomic mass is 10.2. The molecule has 5 heteroatoms. The summed E-state index contributed by atoms with van der Waals surface area (Å²) in [6, 6.07) is 1.67. The Morgan fingerprint density at radius 2 is 2.38 bits per heavy atom. The van der Waals surface area contributed by atoms with Crippen molar-refractivity contribution in [3.8, 4) is 11.5 Å². The van der Waals surface area contributed by atoms with E-state index in [0.717, 1.165) is 6.42 Å². The number of furan rings is 1. The Balaban J connectivity index is 2.42. The first-order valence-corrected chi connectivity index (χ1v) is 4.98. The third-order valence-corrected chi connectivity index (χ3v) is 2.15. The SMILES string of the molecule is CCCc1nc(-c2ccoc2)oc1C(=O)O. The van der Waals surface area contributed by atoms with E-state index in [-0.39, 0.29) is 11.7 Å². The van der Waals surface area contributed by atoms with Gasteiger partial charge in [0.05, 0.1) is 17.5 Å². The predicted octanol–water partition coefficient (Wildman–Crippen LogP) is 2.59. The minimum absolute atomic E-state index is 0.0851. The van der Waals surface area contributed by atoms with E-state index in [0.29, 0.717) is 17.7 Å². The lowest BCUT2D eigenvalue weighted by Gasteiger charge is -1.91. The molecule has 16 heavy (non-hydrogen) atoms. The number of aromatic carboxylic acids is 1. The van der Waals surface area contributed by atoms with Crippen molar-refractivity contribution < 1.29 is 18.7 Å². The van der Waals surface area contributed by atoms with Crippen LogP contribution in [0.4, 0.5) is 0 Å². The molecule has 0 amide bonds. The average Bonchev–Trinajstić information content (AvgIpc) is 2.83. The maximum Gasteiger partial charge on any atom is 0.373 e. The van der Waals surface area contributed by atoms with E-state index < -0.39 is 5.97 Å². The summed E-state index contributed by atoms with van der Waals surface area (Å²) in [5.41, 5.74) is 1.12. The molecule has 2 aromatic rings. The first-order chi connectivity index (χ1) is 7.72. The summed E-state index contributed by atoms with van der Waals surface area (Å²) in [5, 5.41) is 8.95. The zero-order valence-electron chi connectivity index (χ0n) is 8.77.